The van der Waals surface area contributed by atoms with Gasteiger partial charge in [-0.1, -0.05) is 0 Å². The smallest absolute Gasteiger partial charge is 0.127 e. The Hall–Kier alpha value is -0.690. The van der Waals surface area contributed by atoms with Gasteiger partial charge in [0.1, 0.15) is 10.4 Å². The van der Waals surface area contributed by atoms with E-state index in [0.717, 1.165) is 49.4 Å². The summed E-state index contributed by atoms with van der Waals surface area (Å²) < 4.78 is 6.72. The third-order valence-electron chi connectivity index (χ3n) is 5.55. The Labute approximate surface area is 165 Å². The van der Waals surface area contributed by atoms with Crippen LogP contribution < -0.4 is 5.32 Å². The van der Waals surface area contributed by atoms with Crippen LogP contribution in [-0.2, 0) is 11.3 Å². The number of ether oxygens (including phenoxy) is 1. The number of hydrogen-bond acceptors (Lipinski definition) is 5. The molecule has 1 aliphatic carbocycles. The number of rotatable bonds is 6. The molecule has 2 heterocycles. The van der Waals surface area contributed by atoms with Crippen LogP contribution in [0.5, 0.6) is 0 Å². The number of nitrogens with zero attached hydrogens (tertiary/aromatic N) is 2. The van der Waals surface area contributed by atoms with Crippen LogP contribution in [0.25, 0.3) is 0 Å². The second-order valence-electron chi connectivity index (χ2n) is 8.08. The lowest BCUT2D eigenvalue weighted by molar-refractivity contribution is -0.0704. The average molecular weight is 426 g/mol. The fraction of sp³-hybridized carbons (Fsp3) is 0.750. The monoisotopic (exact) mass is 425 g/mol. The molecule has 6 heteroatoms. The highest BCUT2D eigenvalue weighted by Crippen LogP contribution is 2.28. The van der Waals surface area contributed by atoms with Gasteiger partial charge in [-0.05, 0) is 85.0 Å². The molecule has 2 aliphatic rings. The van der Waals surface area contributed by atoms with E-state index in [2.05, 4.69) is 57.1 Å². The van der Waals surface area contributed by atoms with Gasteiger partial charge in [-0.2, -0.15) is 0 Å². The Morgan fingerprint density at radius 1 is 1.15 bits per heavy atom. The van der Waals surface area contributed by atoms with Crippen molar-refractivity contribution in [2.75, 3.05) is 31.6 Å². The summed E-state index contributed by atoms with van der Waals surface area (Å²) in [4.78, 5) is 7.05. The van der Waals surface area contributed by atoms with Gasteiger partial charge in [0.25, 0.3) is 0 Å². The number of aliphatic hydroxyl groups excluding tert-OH is 1. The number of anilines is 1. The SMILES string of the molecule is C[C@@H]1CN(Cc2cc(Br)nc(NCC3CCC(CO)CC3)c2)C[C@H](C)O1. The predicted octanol–water partition coefficient (Wildman–Crippen LogP) is 3.66. The first-order chi connectivity index (χ1) is 12.5. The molecule has 0 radical (unpaired) electrons. The molecule has 1 aromatic rings. The highest BCUT2D eigenvalue weighted by atomic mass is 79.9. The van der Waals surface area contributed by atoms with Gasteiger partial charge in [-0.25, -0.2) is 4.98 Å². The average Bonchev–Trinajstić information content (AvgIpc) is 2.59. The number of nitrogens with one attached hydrogen (secondary N) is 1. The number of hydrogen-bond donors (Lipinski definition) is 2. The van der Waals surface area contributed by atoms with E-state index in [4.69, 9.17) is 4.74 Å². The molecule has 3 rings (SSSR count). The first-order valence-corrected chi connectivity index (χ1v) is 10.7. The van der Waals surface area contributed by atoms with Crippen molar-refractivity contribution >= 4 is 21.7 Å². The molecule has 0 amide bonds. The van der Waals surface area contributed by atoms with Gasteiger partial charge in [0.05, 0.1) is 12.2 Å². The summed E-state index contributed by atoms with van der Waals surface area (Å²) in [6.45, 7) is 8.47. The minimum atomic E-state index is 0.288. The molecular weight excluding hydrogens is 394 g/mol. The molecule has 1 saturated heterocycles. The molecule has 0 unspecified atom stereocenters. The van der Waals surface area contributed by atoms with Crippen molar-refractivity contribution < 1.29 is 9.84 Å². The second-order valence-corrected chi connectivity index (χ2v) is 8.90. The molecule has 1 aromatic heterocycles. The van der Waals surface area contributed by atoms with Gasteiger partial charge in [0.2, 0.25) is 0 Å². The fourth-order valence-corrected chi connectivity index (χ4v) is 4.76. The lowest BCUT2D eigenvalue weighted by atomic mass is 9.82. The molecule has 1 aliphatic heterocycles. The van der Waals surface area contributed by atoms with E-state index < -0.39 is 0 Å². The third kappa shape index (κ3) is 5.91. The summed E-state index contributed by atoms with van der Waals surface area (Å²) in [6.07, 6.45) is 5.26. The summed E-state index contributed by atoms with van der Waals surface area (Å²) in [5.41, 5.74) is 1.28. The number of morpholine rings is 1. The van der Waals surface area contributed by atoms with E-state index in [1.54, 1.807) is 0 Å². The van der Waals surface area contributed by atoms with Crippen molar-refractivity contribution in [3.05, 3.63) is 22.3 Å². The molecular formula is C20H32BrN3O2. The van der Waals surface area contributed by atoms with E-state index in [9.17, 15) is 5.11 Å². The number of halogens is 1. The standard InChI is InChI=1S/C20H32BrN3O2/c1-14-10-24(11-15(2)26-14)12-18-7-19(21)23-20(8-18)22-9-16-3-5-17(13-25)6-4-16/h7-8,14-17,25H,3-6,9-13H2,1-2H3,(H,22,23)/t14-,15+,16?,17?. The van der Waals surface area contributed by atoms with Gasteiger partial charge in [0.15, 0.2) is 0 Å². The zero-order chi connectivity index (χ0) is 18.5. The highest BCUT2D eigenvalue weighted by Gasteiger charge is 2.23. The van der Waals surface area contributed by atoms with E-state index in [-0.39, 0.29) is 12.2 Å². The van der Waals surface area contributed by atoms with Crippen molar-refractivity contribution in [3.63, 3.8) is 0 Å². The Morgan fingerprint density at radius 3 is 2.46 bits per heavy atom. The normalized spacial score (nSPS) is 30.3. The van der Waals surface area contributed by atoms with Gasteiger partial charge in [-0.3, -0.25) is 4.90 Å². The zero-order valence-corrected chi connectivity index (χ0v) is 17.5. The van der Waals surface area contributed by atoms with Crippen molar-refractivity contribution in [2.45, 2.75) is 58.3 Å². The van der Waals surface area contributed by atoms with Gasteiger partial charge in [0, 0.05) is 32.8 Å². The quantitative estimate of drug-likeness (QED) is 0.680. The third-order valence-corrected chi connectivity index (χ3v) is 5.96. The van der Waals surface area contributed by atoms with Gasteiger partial charge >= 0.3 is 0 Å². The molecule has 2 fully saturated rings. The van der Waals surface area contributed by atoms with E-state index in [1.807, 2.05) is 0 Å². The maximum Gasteiger partial charge on any atom is 0.127 e. The highest BCUT2D eigenvalue weighted by molar-refractivity contribution is 9.10. The molecule has 2 atom stereocenters. The van der Waals surface area contributed by atoms with Crippen LogP contribution in [0.4, 0.5) is 5.82 Å². The summed E-state index contributed by atoms with van der Waals surface area (Å²) >= 11 is 3.56. The zero-order valence-electron chi connectivity index (χ0n) is 16.0. The number of aromatic nitrogens is 1. The molecule has 5 nitrogen and oxygen atoms in total. The predicted molar refractivity (Wildman–Crippen MR) is 108 cm³/mol. The summed E-state index contributed by atoms with van der Waals surface area (Å²) in [5, 5.41) is 12.8. The number of aliphatic hydroxyl groups is 1. The van der Waals surface area contributed by atoms with Crippen LogP contribution >= 0.6 is 15.9 Å². The number of pyridine rings is 1. The fourth-order valence-electron chi connectivity index (χ4n) is 4.27. The van der Waals surface area contributed by atoms with Crippen LogP contribution in [0, 0.1) is 11.8 Å². The maximum atomic E-state index is 9.27. The Bertz CT molecular complexity index is 568. The van der Waals surface area contributed by atoms with Crippen molar-refractivity contribution in [1.82, 2.24) is 9.88 Å². The van der Waals surface area contributed by atoms with E-state index in [1.165, 1.54) is 18.4 Å². The minimum absolute atomic E-state index is 0.288. The van der Waals surface area contributed by atoms with Crippen molar-refractivity contribution in [1.29, 1.82) is 0 Å². The lowest BCUT2D eigenvalue weighted by Gasteiger charge is -2.35. The molecule has 0 bridgehead atoms. The molecule has 146 valence electrons. The van der Waals surface area contributed by atoms with Crippen LogP contribution in [-0.4, -0.2) is 53.4 Å². The van der Waals surface area contributed by atoms with Crippen LogP contribution in [0.3, 0.4) is 0 Å². The first kappa shape index (κ1) is 20.1. The van der Waals surface area contributed by atoms with Crippen molar-refractivity contribution in [2.24, 2.45) is 11.8 Å². The first-order valence-electron chi connectivity index (χ1n) is 9.91. The largest absolute Gasteiger partial charge is 0.396 e. The molecule has 0 spiro atoms. The van der Waals surface area contributed by atoms with Crippen LogP contribution in [0.2, 0.25) is 0 Å². The van der Waals surface area contributed by atoms with Crippen molar-refractivity contribution in [3.8, 4) is 0 Å². The topological polar surface area (TPSA) is 57.6 Å². The Balaban J connectivity index is 1.54. The lowest BCUT2D eigenvalue weighted by Crippen LogP contribution is -2.44. The van der Waals surface area contributed by atoms with E-state index >= 15 is 0 Å². The summed E-state index contributed by atoms with van der Waals surface area (Å²) in [7, 11) is 0. The van der Waals surface area contributed by atoms with Crippen LogP contribution in [0.1, 0.15) is 45.1 Å². The van der Waals surface area contributed by atoms with Gasteiger partial charge < -0.3 is 15.2 Å². The molecule has 1 saturated carbocycles. The minimum Gasteiger partial charge on any atom is -0.396 e. The molecule has 2 N–H and O–H groups in total. The van der Waals surface area contributed by atoms with Crippen LogP contribution in [0.15, 0.2) is 16.7 Å². The Kier molecular flexibility index (Phi) is 7.32. The van der Waals surface area contributed by atoms with Gasteiger partial charge in [-0.15, -0.1) is 0 Å². The Morgan fingerprint density at radius 2 is 1.81 bits per heavy atom. The summed E-state index contributed by atoms with van der Waals surface area (Å²) in [5.74, 6) is 2.15. The second kappa shape index (κ2) is 9.49. The molecule has 0 aromatic carbocycles. The maximum absolute atomic E-state index is 9.27. The van der Waals surface area contributed by atoms with E-state index in [0.29, 0.717) is 18.4 Å². The molecule has 26 heavy (non-hydrogen) atoms. The summed E-state index contributed by atoms with van der Waals surface area (Å²) in [6, 6.07) is 4.29.